The quantitative estimate of drug-likeness (QED) is 0.742. The number of amides is 2. The van der Waals surface area contributed by atoms with E-state index in [1.165, 1.54) is 43.5 Å². The summed E-state index contributed by atoms with van der Waals surface area (Å²) in [7, 11) is 1.94. The SMILES string of the molecule is CN(C(=O)c1ccccc1N1CCC(NC(=O)c2ccc(F)cc2)CC1)C1CCCCC1. The van der Waals surface area contributed by atoms with E-state index in [9.17, 15) is 14.0 Å². The molecule has 6 heteroatoms. The Hall–Kier alpha value is -2.89. The predicted molar refractivity (Wildman–Crippen MR) is 125 cm³/mol. The van der Waals surface area contributed by atoms with Gasteiger partial charge in [0.15, 0.2) is 0 Å². The van der Waals surface area contributed by atoms with Crippen LogP contribution >= 0.6 is 0 Å². The fraction of sp³-hybridized carbons (Fsp3) is 0.462. The number of benzene rings is 2. The summed E-state index contributed by atoms with van der Waals surface area (Å²) in [5.74, 6) is -0.426. The van der Waals surface area contributed by atoms with Crippen molar-refractivity contribution in [3.63, 3.8) is 0 Å². The van der Waals surface area contributed by atoms with E-state index < -0.39 is 0 Å². The van der Waals surface area contributed by atoms with Gasteiger partial charge in [0.05, 0.1) is 5.56 Å². The molecule has 2 aromatic carbocycles. The summed E-state index contributed by atoms with van der Waals surface area (Å²) in [6.45, 7) is 1.54. The minimum absolute atomic E-state index is 0.0663. The zero-order valence-corrected chi connectivity index (χ0v) is 18.7. The second-order valence-corrected chi connectivity index (χ2v) is 8.97. The molecule has 0 unspecified atom stereocenters. The van der Waals surface area contributed by atoms with Crippen LogP contribution < -0.4 is 10.2 Å². The number of hydrogen-bond acceptors (Lipinski definition) is 3. The maximum Gasteiger partial charge on any atom is 0.255 e. The van der Waals surface area contributed by atoms with Crippen LogP contribution in [-0.2, 0) is 0 Å². The van der Waals surface area contributed by atoms with E-state index in [0.29, 0.717) is 11.6 Å². The first-order valence-electron chi connectivity index (χ1n) is 11.7. The van der Waals surface area contributed by atoms with Gasteiger partial charge in [0.2, 0.25) is 0 Å². The predicted octanol–water partition coefficient (Wildman–Crippen LogP) is 4.63. The molecule has 2 fully saturated rings. The van der Waals surface area contributed by atoms with Crippen molar-refractivity contribution in [1.29, 1.82) is 0 Å². The molecule has 0 bridgehead atoms. The van der Waals surface area contributed by atoms with Crippen molar-refractivity contribution in [3.05, 3.63) is 65.5 Å². The number of anilines is 1. The standard InChI is InChI=1S/C26H32FN3O2/c1-29(22-7-3-2-4-8-22)26(32)23-9-5-6-10-24(23)30-17-15-21(16-18-30)28-25(31)19-11-13-20(27)14-12-19/h5-6,9-14,21-22H,2-4,7-8,15-18H2,1H3,(H,28,31). The molecule has 170 valence electrons. The van der Waals surface area contributed by atoms with Crippen LogP contribution in [0.2, 0.25) is 0 Å². The van der Waals surface area contributed by atoms with Crippen molar-refractivity contribution in [2.75, 3.05) is 25.0 Å². The Morgan fingerprint density at radius 2 is 1.59 bits per heavy atom. The van der Waals surface area contributed by atoms with E-state index in [1.807, 2.05) is 36.2 Å². The lowest BCUT2D eigenvalue weighted by atomic mass is 9.94. The van der Waals surface area contributed by atoms with Crippen LogP contribution in [0.3, 0.4) is 0 Å². The summed E-state index contributed by atoms with van der Waals surface area (Å²) >= 11 is 0. The molecule has 1 aliphatic carbocycles. The first-order chi connectivity index (χ1) is 15.5. The fourth-order valence-electron chi connectivity index (χ4n) is 4.89. The smallest absolute Gasteiger partial charge is 0.255 e. The van der Waals surface area contributed by atoms with Crippen LogP contribution in [0.25, 0.3) is 0 Å². The average Bonchev–Trinajstić information content (AvgIpc) is 2.84. The summed E-state index contributed by atoms with van der Waals surface area (Å²) < 4.78 is 13.1. The fourth-order valence-corrected chi connectivity index (χ4v) is 4.89. The maximum absolute atomic E-state index is 13.3. The second-order valence-electron chi connectivity index (χ2n) is 8.97. The lowest BCUT2D eigenvalue weighted by molar-refractivity contribution is 0.0696. The monoisotopic (exact) mass is 437 g/mol. The summed E-state index contributed by atoms with van der Waals surface area (Å²) in [6.07, 6.45) is 7.43. The van der Waals surface area contributed by atoms with Gasteiger partial charge in [-0.3, -0.25) is 9.59 Å². The van der Waals surface area contributed by atoms with Gasteiger partial charge in [0, 0.05) is 43.5 Å². The number of rotatable bonds is 5. The zero-order valence-electron chi connectivity index (χ0n) is 18.7. The molecule has 0 aromatic heterocycles. The largest absolute Gasteiger partial charge is 0.371 e. The minimum atomic E-state index is -0.350. The second kappa shape index (κ2) is 10.2. The van der Waals surface area contributed by atoms with Crippen LogP contribution in [0, 0.1) is 5.82 Å². The molecule has 4 rings (SSSR count). The number of para-hydroxylation sites is 1. The number of piperidine rings is 1. The normalized spacial score (nSPS) is 17.8. The average molecular weight is 438 g/mol. The Balaban J connectivity index is 1.38. The van der Waals surface area contributed by atoms with Crippen molar-refractivity contribution in [1.82, 2.24) is 10.2 Å². The third-order valence-corrected chi connectivity index (χ3v) is 6.85. The third kappa shape index (κ3) is 5.12. The number of hydrogen-bond donors (Lipinski definition) is 1. The molecule has 2 aliphatic rings. The highest BCUT2D eigenvalue weighted by atomic mass is 19.1. The highest BCUT2D eigenvalue weighted by molar-refractivity contribution is 6.00. The van der Waals surface area contributed by atoms with Crippen LogP contribution in [0.4, 0.5) is 10.1 Å². The molecule has 2 aromatic rings. The summed E-state index contributed by atoms with van der Waals surface area (Å²) in [6, 6.07) is 13.9. The molecule has 0 radical (unpaired) electrons. The molecule has 0 atom stereocenters. The van der Waals surface area contributed by atoms with E-state index in [4.69, 9.17) is 0 Å². The molecule has 5 nitrogen and oxygen atoms in total. The number of nitrogens with zero attached hydrogens (tertiary/aromatic N) is 2. The summed E-state index contributed by atoms with van der Waals surface area (Å²) in [4.78, 5) is 30.0. The Morgan fingerprint density at radius 1 is 0.938 bits per heavy atom. The first kappa shape index (κ1) is 22.3. The Kier molecular flexibility index (Phi) is 7.08. The number of carbonyl (C=O) groups excluding carboxylic acids is 2. The summed E-state index contributed by atoms with van der Waals surface area (Å²) in [5, 5.41) is 3.06. The Labute approximate surface area is 189 Å². The van der Waals surface area contributed by atoms with E-state index in [1.54, 1.807) is 0 Å². The van der Waals surface area contributed by atoms with Gasteiger partial charge in [-0.2, -0.15) is 0 Å². The topological polar surface area (TPSA) is 52.7 Å². The molecule has 1 aliphatic heterocycles. The van der Waals surface area contributed by atoms with Crippen molar-refractivity contribution in [2.45, 2.75) is 57.0 Å². The molecule has 1 N–H and O–H groups in total. The highest BCUT2D eigenvalue weighted by Gasteiger charge is 2.28. The minimum Gasteiger partial charge on any atom is -0.371 e. The van der Waals surface area contributed by atoms with Crippen molar-refractivity contribution in [2.24, 2.45) is 0 Å². The van der Waals surface area contributed by atoms with Crippen LogP contribution in [0.1, 0.15) is 65.7 Å². The van der Waals surface area contributed by atoms with Gasteiger partial charge >= 0.3 is 0 Å². The van der Waals surface area contributed by atoms with Gasteiger partial charge < -0.3 is 15.1 Å². The van der Waals surface area contributed by atoms with Gasteiger partial charge in [0.1, 0.15) is 5.82 Å². The van der Waals surface area contributed by atoms with Gasteiger partial charge in [-0.25, -0.2) is 4.39 Å². The molecule has 1 saturated carbocycles. The number of nitrogens with one attached hydrogen (secondary N) is 1. The first-order valence-corrected chi connectivity index (χ1v) is 11.7. The van der Waals surface area contributed by atoms with Crippen molar-refractivity contribution < 1.29 is 14.0 Å². The van der Waals surface area contributed by atoms with Crippen molar-refractivity contribution >= 4 is 17.5 Å². The zero-order chi connectivity index (χ0) is 22.5. The van der Waals surface area contributed by atoms with E-state index in [2.05, 4.69) is 10.2 Å². The Morgan fingerprint density at radius 3 is 2.28 bits per heavy atom. The van der Waals surface area contributed by atoms with Gasteiger partial charge in [0.25, 0.3) is 11.8 Å². The van der Waals surface area contributed by atoms with Gasteiger partial charge in [-0.15, -0.1) is 0 Å². The molecule has 1 heterocycles. The van der Waals surface area contributed by atoms with Crippen LogP contribution in [-0.4, -0.2) is 48.9 Å². The molecule has 2 amide bonds. The van der Waals surface area contributed by atoms with E-state index in [-0.39, 0.29) is 23.7 Å². The highest BCUT2D eigenvalue weighted by Crippen LogP contribution is 2.28. The molecule has 0 spiro atoms. The van der Waals surface area contributed by atoms with E-state index in [0.717, 1.165) is 50.0 Å². The van der Waals surface area contributed by atoms with Gasteiger partial charge in [-0.05, 0) is 62.1 Å². The van der Waals surface area contributed by atoms with Crippen LogP contribution in [0.5, 0.6) is 0 Å². The third-order valence-electron chi connectivity index (χ3n) is 6.85. The number of halogens is 1. The summed E-state index contributed by atoms with van der Waals surface area (Å²) in [5.41, 5.74) is 2.20. The van der Waals surface area contributed by atoms with Crippen molar-refractivity contribution in [3.8, 4) is 0 Å². The Bertz CT molecular complexity index is 932. The molecule has 1 saturated heterocycles. The molecule has 32 heavy (non-hydrogen) atoms. The maximum atomic E-state index is 13.3. The van der Waals surface area contributed by atoms with E-state index >= 15 is 0 Å². The lowest BCUT2D eigenvalue weighted by Crippen LogP contribution is -2.45. The molecular formula is C26H32FN3O2. The van der Waals surface area contributed by atoms with Gasteiger partial charge in [-0.1, -0.05) is 31.4 Å². The number of carbonyl (C=O) groups is 2. The molecular weight excluding hydrogens is 405 g/mol. The lowest BCUT2D eigenvalue weighted by Gasteiger charge is -2.36. The van der Waals surface area contributed by atoms with Crippen LogP contribution in [0.15, 0.2) is 48.5 Å².